The van der Waals surface area contributed by atoms with Crippen LogP contribution in [0.25, 0.3) is 21.5 Å². The van der Waals surface area contributed by atoms with Crippen LogP contribution < -0.4 is 0 Å². The predicted octanol–water partition coefficient (Wildman–Crippen LogP) is 4.13. The number of aromatic nitrogens is 1. The Morgan fingerprint density at radius 2 is 1.88 bits per heavy atom. The lowest BCUT2D eigenvalue weighted by atomic mass is 10.1. The number of aromatic carboxylic acids is 1. The maximum atomic E-state index is 11.5. The molecule has 0 aliphatic carbocycles. The van der Waals surface area contributed by atoms with Crippen LogP contribution in [0, 0.1) is 20.2 Å². The van der Waals surface area contributed by atoms with Crippen LogP contribution in [0.5, 0.6) is 0 Å². The molecule has 3 aromatic rings. The summed E-state index contributed by atoms with van der Waals surface area (Å²) in [5.41, 5.74) is -0.441. The Morgan fingerprint density at radius 3 is 2.48 bits per heavy atom. The van der Waals surface area contributed by atoms with Crippen molar-refractivity contribution >= 4 is 50.5 Å². The topological polar surface area (TPSA) is 136 Å². The number of carbonyl (C=O) groups is 1. The number of pyridine rings is 1. The number of carboxylic acids is 1. The van der Waals surface area contributed by atoms with Gasteiger partial charge < -0.3 is 5.11 Å². The standard InChI is InChI=1S/C14H6ClN3O6S/c15-6-1-2-9-7(3-6)8(14(19)20)4-10(16-9)13-11(17(21)22)5-12(25-13)18(23)24/h1-5H,(H,19,20). The molecule has 1 N–H and O–H groups in total. The SMILES string of the molecule is O=C(O)c1cc(-c2sc([N+](=O)[O-])cc2[N+](=O)[O-])nc2ccc(Cl)cc12. The highest BCUT2D eigenvalue weighted by molar-refractivity contribution is 7.19. The summed E-state index contributed by atoms with van der Waals surface area (Å²) in [6.07, 6.45) is 0. The van der Waals surface area contributed by atoms with Gasteiger partial charge in [0.1, 0.15) is 10.9 Å². The van der Waals surface area contributed by atoms with Gasteiger partial charge >= 0.3 is 11.0 Å². The largest absolute Gasteiger partial charge is 0.478 e. The smallest absolute Gasteiger partial charge is 0.336 e. The van der Waals surface area contributed by atoms with E-state index in [1.54, 1.807) is 0 Å². The second-order valence-electron chi connectivity index (χ2n) is 4.83. The molecular formula is C14H6ClN3O6S. The summed E-state index contributed by atoms with van der Waals surface area (Å²) < 4.78 is 0. The third-order valence-electron chi connectivity index (χ3n) is 3.31. The average molecular weight is 380 g/mol. The highest BCUT2D eigenvalue weighted by atomic mass is 35.5. The molecule has 0 unspecified atom stereocenters. The van der Waals surface area contributed by atoms with Crippen LogP contribution in [0.1, 0.15) is 10.4 Å². The average Bonchev–Trinajstić information content (AvgIpc) is 2.99. The van der Waals surface area contributed by atoms with E-state index < -0.39 is 26.5 Å². The molecule has 0 amide bonds. The fourth-order valence-corrected chi connectivity index (χ4v) is 3.34. The van der Waals surface area contributed by atoms with Crippen LogP contribution in [0.4, 0.5) is 10.7 Å². The van der Waals surface area contributed by atoms with Gasteiger partial charge in [-0.2, -0.15) is 0 Å². The zero-order chi connectivity index (χ0) is 18.3. The van der Waals surface area contributed by atoms with Crippen molar-refractivity contribution in [1.82, 2.24) is 4.98 Å². The van der Waals surface area contributed by atoms with Crippen LogP contribution in [-0.4, -0.2) is 25.9 Å². The van der Waals surface area contributed by atoms with Gasteiger partial charge in [-0.25, -0.2) is 9.78 Å². The second-order valence-corrected chi connectivity index (χ2v) is 6.30. The Bertz CT molecular complexity index is 1060. The summed E-state index contributed by atoms with van der Waals surface area (Å²) >= 11 is 6.43. The Labute approximate surface area is 147 Å². The van der Waals surface area contributed by atoms with Gasteiger partial charge in [-0.05, 0) is 24.3 Å². The van der Waals surface area contributed by atoms with Crippen molar-refractivity contribution in [2.45, 2.75) is 0 Å². The molecular weight excluding hydrogens is 374 g/mol. The van der Waals surface area contributed by atoms with E-state index >= 15 is 0 Å². The van der Waals surface area contributed by atoms with Crippen molar-refractivity contribution in [3.05, 3.63) is 61.1 Å². The van der Waals surface area contributed by atoms with Crippen LogP contribution >= 0.6 is 22.9 Å². The highest BCUT2D eigenvalue weighted by Crippen LogP contribution is 2.42. The van der Waals surface area contributed by atoms with Crippen LogP contribution in [-0.2, 0) is 0 Å². The fourth-order valence-electron chi connectivity index (χ4n) is 2.27. The molecule has 3 rings (SSSR count). The van der Waals surface area contributed by atoms with Gasteiger partial charge in [0, 0.05) is 10.4 Å². The van der Waals surface area contributed by atoms with E-state index in [1.807, 2.05) is 0 Å². The van der Waals surface area contributed by atoms with Crippen molar-refractivity contribution in [1.29, 1.82) is 0 Å². The second kappa shape index (κ2) is 6.07. The molecule has 0 spiro atoms. The van der Waals surface area contributed by atoms with E-state index in [1.165, 1.54) is 18.2 Å². The van der Waals surface area contributed by atoms with Gasteiger partial charge in [0.2, 0.25) is 0 Å². The number of halogens is 1. The molecule has 126 valence electrons. The lowest BCUT2D eigenvalue weighted by molar-refractivity contribution is -0.389. The molecule has 0 radical (unpaired) electrons. The number of thiophene rings is 1. The number of nitro groups is 2. The quantitative estimate of drug-likeness (QED) is 0.531. The zero-order valence-electron chi connectivity index (χ0n) is 12.0. The molecule has 0 aliphatic rings. The highest BCUT2D eigenvalue weighted by Gasteiger charge is 2.28. The molecule has 0 fully saturated rings. The predicted molar refractivity (Wildman–Crippen MR) is 90.3 cm³/mol. The van der Waals surface area contributed by atoms with Crippen molar-refractivity contribution < 1.29 is 19.7 Å². The molecule has 1 aromatic carbocycles. The van der Waals surface area contributed by atoms with Crippen molar-refractivity contribution in [3.8, 4) is 10.6 Å². The molecule has 25 heavy (non-hydrogen) atoms. The molecule has 0 atom stereocenters. The van der Waals surface area contributed by atoms with Gasteiger partial charge in [0.15, 0.2) is 0 Å². The number of hydrogen-bond donors (Lipinski definition) is 1. The van der Waals surface area contributed by atoms with Gasteiger partial charge in [0.05, 0.1) is 26.6 Å². The van der Waals surface area contributed by atoms with Gasteiger partial charge in [-0.15, -0.1) is 0 Å². The number of hydrogen-bond acceptors (Lipinski definition) is 7. The van der Waals surface area contributed by atoms with Crippen molar-refractivity contribution in [2.24, 2.45) is 0 Å². The van der Waals surface area contributed by atoms with Crippen LogP contribution in [0.2, 0.25) is 5.02 Å². The summed E-state index contributed by atoms with van der Waals surface area (Å²) in [5, 5.41) is 31.6. The summed E-state index contributed by atoms with van der Waals surface area (Å²) in [6, 6.07) is 6.36. The van der Waals surface area contributed by atoms with Crippen molar-refractivity contribution in [3.63, 3.8) is 0 Å². The first-order chi connectivity index (χ1) is 11.8. The minimum Gasteiger partial charge on any atom is -0.478 e. The summed E-state index contributed by atoms with van der Waals surface area (Å²) in [5.74, 6) is -1.27. The van der Waals surface area contributed by atoms with E-state index in [0.717, 1.165) is 12.1 Å². The lowest BCUT2D eigenvalue weighted by Crippen LogP contribution is -2.00. The van der Waals surface area contributed by atoms with E-state index in [2.05, 4.69) is 4.98 Å². The van der Waals surface area contributed by atoms with Crippen molar-refractivity contribution in [2.75, 3.05) is 0 Å². The molecule has 0 aliphatic heterocycles. The third-order valence-corrected chi connectivity index (χ3v) is 4.64. The summed E-state index contributed by atoms with van der Waals surface area (Å²) in [4.78, 5) is 36.2. The van der Waals surface area contributed by atoms with Crippen LogP contribution in [0.15, 0.2) is 30.3 Å². The number of nitrogens with zero attached hydrogens (tertiary/aromatic N) is 3. The maximum Gasteiger partial charge on any atom is 0.336 e. The van der Waals surface area contributed by atoms with Gasteiger partial charge in [-0.1, -0.05) is 22.9 Å². The molecule has 2 heterocycles. The molecule has 11 heteroatoms. The Morgan fingerprint density at radius 1 is 1.16 bits per heavy atom. The summed E-state index contributed by atoms with van der Waals surface area (Å²) in [7, 11) is 0. The lowest BCUT2D eigenvalue weighted by Gasteiger charge is -2.06. The minimum atomic E-state index is -1.27. The Hall–Kier alpha value is -3.11. The first-order valence-corrected chi connectivity index (χ1v) is 7.74. The molecule has 0 saturated carbocycles. The third kappa shape index (κ3) is 2.99. The monoisotopic (exact) mass is 379 g/mol. The first kappa shape index (κ1) is 16.7. The molecule has 2 aromatic heterocycles. The van der Waals surface area contributed by atoms with E-state index in [4.69, 9.17) is 11.6 Å². The van der Waals surface area contributed by atoms with E-state index in [9.17, 15) is 30.1 Å². The van der Waals surface area contributed by atoms with E-state index in [0.29, 0.717) is 16.4 Å². The molecule has 0 bridgehead atoms. The Kier molecular flexibility index (Phi) is 4.07. The van der Waals surface area contributed by atoms with E-state index in [-0.39, 0.29) is 27.0 Å². The fraction of sp³-hybridized carbons (Fsp3) is 0. The number of benzene rings is 1. The molecule has 0 saturated heterocycles. The molecule has 9 nitrogen and oxygen atoms in total. The first-order valence-electron chi connectivity index (χ1n) is 6.54. The van der Waals surface area contributed by atoms with Gasteiger partial charge in [-0.3, -0.25) is 20.2 Å². The van der Waals surface area contributed by atoms with Gasteiger partial charge in [0.25, 0.3) is 5.69 Å². The number of rotatable bonds is 4. The van der Waals surface area contributed by atoms with Crippen LogP contribution in [0.3, 0.4) is 0 Å². The number of carboxylic acid groups (broad SMARTS) is 1. The minimum absolute atomic E-state index is 0.0305. The normalized spacial score (nSPS) is 10.8. The summed E-state index contributed by atoms with van der Waals surface area (Å²) in [6.45, 7) is 0. The zero-order valence-corrected chi connectivity index (χ0v) is 13.6. The number of fused-ring (bicyclic) bond motifs is 1. The Balaban J connectivity index is 2.33. The maximum absolute atomic E-state index is 11.5.